The topological polar surface area (TPSA) is 32.3 Å². The molecule has 1 aromatic rings. The van der Waals surface area contributed by atoms with Gasteiger partial charge in [0.2, 0.25) is 0 Å². The molecule has 2 nitrogen and oxygen atoms in total. The Morgan fingerprint density at radius 2 is 2.33 bits per heavy atom. The summed E-state index contributed by atoms with van der Waals surface area (Å²) in [7, 11) is 0. The van der Waals surface area contributed by atoms with Gasteiger partial charge in [-0.05, 0) is 36.6 Å². The van der Waals surface area contributed by atoms with Gasteiger partial charge in [-0.15, -0.1) is 11.3 Å². The van der Waals surface area contributed by atoms with Crippen molar-refractivity contribution in [2.24, 2.45) is 5.41 Å². The molecule has 15 heavy (non-hydrogen) atoms. The molecule has 1 fully saturated rings. The van der Waals surface area contributed by atoms with Crippen molar-refractivity contribution in [2.75, 3.05) is 6.61 Å². The minimum absolute atomic E-state index is 0.128. The van der Waals surface area contributed by atoms with E-state index in [-0.39, 0.29) is 12.1 Å². The van der Waals surface area contributed by atoms with E-state index in [0.717, 1.165) is 6.54 Å². The van der Waals surface area contributed by atoms with E-state index < -0.39 is 0 Å². The molecule has 0 aromatic carbocycles. The number of rotatable bonds is 5. The van der Waals surface area contributed by atoms with Crippen LogP contribution in [-0.2, 0) is 6.54 Å². The highest BCUT2D eigenvalue weighted by Gasteiger charge is 2.52. The van der Waals surface area contributed by atoms with Gasteiger partial charge in [0, 0.05) is 17.0 Å². The molecule has 1 atom stereocenters. The van der Waals surface area contributed by atoms with Crippen molar-refractivity contribution in [3.63, 3.8) is 0 Å². The van der Waals surface area contributed by atoms with E-state index >= 15 is 0 Å². The van der Waals surface area contributed by atoms with Gasteiger partial charge in [0.1, 0.15) is 0 Å². The van der Waals surface area contributed by atoms with Crippen LogP contribution in [0.3, 0.4) is 0 Å². The molecular weight excluding hydrogens is 206 g/mol. The zero-order valence-corrected chi connectivity index (χ0v) is 10.2. The maximum atomic E-state index is 9.53. The molecule has 1 unspecified atom stereocenters. The average molecular weight is 225 g/mol. The van der Waals surface area contributed by atoms with E-state index in [2.05, 4.69) is 36.7 Å². The van der Waals surface area contributed by atoms with Crippen LogP contribution >= 0.6 is 11.3 Å². The minimum atomic E-state index is -0.128. The van der Waals surface area contributed by atoms with Crippen molar-refractivity contribution < 1.29 is 5.11 Å². The second kappa shape index (κ2) is 3.89. The van der Waals surface area contributed by atoms with Gasteiger partial charge >= 0.3 is 0 Å². The molecule has 84 valence electrons. The summed E-state index contributed by atoms with van der Waals surface area (Å²) in [4.78, 5) is 1.33. The fourth-order valence-electron chi connectivity index (χ4n) is 1.89. The predicted molar refractivity (Wildman–Crippen MR) is 64.0 cm³/mol. The lowest BCUT2D eigenvalue weighted by molar-refractivity contribution is 0.112. The predicted octanol–water partition coefficient (Wildman–Crippen LogP) is 2.39. The van der Waals surface area contributed by atoms with Gasteiger partial charge in [-0.2, -0.15) is 0 Å². The van der Waals surface area contributed by atoms with E-state index in [1.165, 1.54) is 17.7 Å². The van der Waals surface area contributed by atoms with Gasteiger partial charge in [0.25, 0.3) is 0 Å². The van der Waals surface area contributed by atoms with Crippen molar-refractivity contribution in [1.29, 1.82) is 0 Å². The summed E-state index contributed by atoms with van der Waals surface area (Å²) in [6.07, 6.45) is 2.45. The molecule has 0 saturated heterocycles. The fourth-order valence-corrected chi connectivity index (χ4v) is 2.54. The minimum Gasteiger partial charge on any atom is -0.394 e. The zero-order valence-electron chi connectivity index (χ0n) is 9.42. The van der Waals surface area contributed by atoms with E-state index in [4.69, 9.17) is 0 Å². The molecule has 2 N–H and O–H groups in total. The lowest BCUT2D eigenvalue weighted by atomic mass is 9.84. The van der Waals surface area contributed by atoms with Gasteiger partial charge in [-0.25, -0.2) is 0 Å². The first-order chi connectivity index (χ1) is 7.10. The smallest absolute Gasteiger partial charge is 0.0616 e. The summed E-state index contributed by atoms with van der Waals surface area (Å²) in [5.41, 5.74) is 0.163. The third kappa shape index (κ3) is 2.10. The Bertz CT molecular complexity index is 318. The zero-order chi connectivity index (χ0) is 10.9. The Balaban J connectivity index is 1.97. The SMILES string of the molecule is CC1(C(C)(CO)NCc2cccs2)CC1. The number of hydrogen-bond acceptors (Lipinski definition) is 3. The fraction of sp³-hybridized carbons (Fsp3) is 0.667. The molecule has 0 spiro atoms. The van der Waals surface area contributed by atoms with E-state index in [1.807, 2.05) is 0 Å². The van der Waals surface area contributed by atoms with Crippen molar-refractivity contribution in [2.45, 2.75) is 38.8 Å². The van der Waals surface area contributed by atoms with Crippen molar-refractivity contribution in [3.05, 3.63) is 22.4 Å². The largest absolute Gasteiger partial charge is 0.394 e. The first kappa shape index (κ1) is 11.1. The summed E-state index contributed by atoms with van der Waals surface area (Å²) >= 11 is 1.76. The molecule has 0 radical (unpaired) electrons. The van der Waals surface area contributed by atoms with Crippen LogP contribution in [0.15, 0.2) is 17.5 Å². The van der Waals surface area contributed by atoms with E-state index in [1.54, 1.807) is 11.3 Å². The maximum absolute atomic E-state index is 9.53. The monoisotopic (exact) mass is 225 g/mol. The molecule has 2 rings (SSSR count). The molecule has 1 aromatic heterocycles. The highest BCUT2D eigenvalue weighted by molar-refractivity contribution is 7.09. The average Bonchev–Trinajstić information content (AvgIpc) is 2.82. The van der Waals surface area contributed by atoms with Crippen molar-refractivity contribution >= 4 is 11.3 Å². The Hall–Kier alpha value is -0.380. The highest BCUT2D eigenvalue weighted by Crippen LogP contribution is 2.53. The van der Waals surface area contributed by atoms with Gasteiger partial charge in [-0.1, -0.05) is 13.0 Å². The normalized spacial score (nSPS) is 22.3. The van der Waals surface area contributed by atoms with Gasteiger partial charge in [0.05, 0.1) is 6.61 Å². The summed E-state index contributed by atoms with van der Waals surface area (Å²) in [6.45, 7) is 5.47. The summed E-state index contributed by atoms with van der Waals surface area (Å²) < 4.78 is 0. The van der Waals surface area contributed by atoms with Crippen molar-refractivity contribution in [1.82, 2.24) is 5.32 Å². The number of thiophene rings is 1. The molecular formula is C12H19NOS. The van der Waals surface area contributed by atoms with Crippen LogP contribution in [0.2, 0.25) is 0 Å². The van der Waals surface area contributed by atoms with Crippen LogP contribution in [0.4, 0.5) is 0 Å². The van der Waals surface area contributed by atoms with E-state index in [9.17, 15) is 5.11 Å². The first-order valence-corrected chi connectivity index (χ1v) is 6.36. The van der Waals surface area contributed by atoms with Gasteiger partial charge < -0.3 is 10.4 Å². The van der Waals surface area contributed by atoms with Crippen LogP contribution in [0.1, 0.15) is 31.6 Å². The Labute approximate surface area is 95.3 Å². The number of hydrogen-bond donors (Lipinski definition) is 2. The van der Waals surface area contributed by atoms with Crippen molar-refractivity contribution in [3.8, 4) is 0 Å². The third-order valence-electron chi connectivity index (χ3n) is 3.88. The molecule has 1 aliphatic rings. The number of nitrogens with one attached hydrogen (secondary N) is 1. The second-order valence-electron chi connectivity index (χ2n) is 4.98. The molecule has 0 aliphatic heterocycles. The molecule has 1 aliphatic carbocycles. The summed E-state index contributed by atoms with van der Waals surface area (Å²) in [6, 6.07) is 4.20. The standard InChI is InChI=1S/C12H19NOS/c1-11(5-6-11)12(2,9-14)13-8-10-4-3-7-15-10/h3-4,7,13-14H,5-6,8-9H2,1-2H3. The van der Waals surface area contributed by atoms with Crippen LogP contribution in [0.5, 0.6) is 0 Å². The molecule has 1 heterocycles. The number of aliphatic hydroxyl groups excluding tert-OH is 1. The van der Waals surface area contributed by atoms with Crippen LogP contribution in [-0.4, -0.2) is 17.3 Å². The molecule has 1 saturated carbocycles. The molecule has 0 amide bonds. The van der Waals surface area contributed by atoms with Crippen LogP contribution in [0, 0.1) is 5.41 Å². The van der Waals surface area contributed by atoms with Gasteiger partial charge in [-0.3, -0.25) is 0 Å². The lowest BCUT2D eigenvalue weighted by Gasteiger charge is -2.35. The summed E-state index contributed by atoms with van der Waals surface area (Å²) in [5, 5.41) is 15.1. The van der Waals surface area contributed by atoms with Crippen LogP contribution in [0.25, 0.3) is 0 Å². The Morgan fingerprint density at radius 3 is 2.80 bits per heavy atom. The quantitative estimate of drug-likeness (QED) is 0.806. The Kier molecular flexibility index (Phi) is 2.88. The second-order valence-corrected chi connectivity index (χ2v) is 6.02. The van der Waals surface area contributed by atoms with Gasteiger partial charge in [0.15, 0.2) is 0 Å². The Morgan fingerprint density at radius 1 is 1.60 bits per heavy atom. The molecule has 0 bridgehead atoms. The van der Waals surface area contributed by atoms with E-state index in [0.29, 0.717) is 5.41 Å². The maximum Gasteiger partial charge on any atom is 0.0616 e. The molecule has 3 heteroatoms. The highest BCUT2D eigenvalue weighted by atomic mass is 32.1. The summed E-state index contributed by atoms with van der Waals surface area (Å²) in [5.74, 6) is 0. The third-order valence-corrected chi connectivity index (χ3v) is 4.76. The van der Waals surface area contributed by atoms with Crippen LogP contribution < -0.4 is 5.32 Å². The number of aliphatic hydroxyl groups is 1. The lowest BCUT2D eigenvalue weighted by Crippen LogP contribution is -2.51. The first-order valence-electron chi connectivity index (χ1n) is 5.48.